The van der Waals surface area contributed by atoms with Crippen molar-refractivity contribution in [3.05, 3.63) is 64.2 Å². The molecule has 0 bridgehead atoms. The highest BCUT2D eigenvalue weighted by molar-refractivity contribution is 6.01. The molecule has 0 heterocycles. The maximum atomic E-state index is 13.3. The van der Waals surface area contributed by atoms with Gasteiger partial charge in [-0.15, -0.1) is 0 Å². The summed E-state index contributed by atoms with van der Waals surface area (Å²) in [7, 11) is 0. The van der Waals surface area contributed by atoms with E-state index in [4.69, 9.17) is 4.74 Å². The summed E-state index contributed by atoms with van der Waals surface area (Å²) < 4.78 is 45.4. The first-order valence-electron chi connectivity index (χ1n) is 10.4. The standard InChI is InChI=1S/C24H26F3NO4/c1-5-19-17-10-9-16(24(25,26)27)11-15(17)12-23(19,22(30)31)28-21(29)18-8-6-7-14(4)20(18)32-13(2)3/h6-11,13,19H,5,12H2,1-4H3,(H,28,29)(H,30,31). The molecule has 3 rings (SSSR count). The molecule has 2 unspecified atom stereocenters. The van der Waals surface area contributed by atoms with Gasteiger partial charge in [-0.05, 0) is 62.1 Å². The second-order valence-corrected chi connectivity index (χ2v) is 8.40. The molecule has 0 spiro atoms. The van der Waals surface area contributed by atoms with Crippen LogP contribution in [0.4, 0.5) is 13.2 Å². The van der Waals surface area contributed by atoms with Gasteiger partial charge in [0.05, 0.1) is 17.2 Å². The van der Waals surface area contributed by atoms with E-state index in [1.165, 1.54) is 6.07 Å². The Morgan fingerprint density at radius 1 is 1.25 bits per heavy atom. The van der Waals surface area contributed by atoms with Crippen molar-refractivity contribution in [2.75, 3.05) is 0 Å². The van der Waals surface area contributed by atoms with E-state index >= 15 is 0 Å². The molecular formula is C24H26F3NO4. The zero-order chi connectivity index (χ0) is 23.8. The molecule has 2 atom stereocenters. The summed E-state index contributed by atoms with van der Waals surface area (Å²) in [4.78, 5) is 25.7. The summed E-state index contributed by atoms with van der Waals surface area (Å²) in [5.74, 6) is -2.26. The number of para-hydroxylation sites is 1. The second-order valence-electron chi connectivity index (χ2n) is 8.40. The van der Waals surface area contributed by atoms with Crippen LogP contribution in [0.3, 0.4) is 0 Å². The maximum Gasteiger partial charge on any atom is 0.416 e. The molecule has 0 radical (unpaired) electrons. The molecule has 172 valence electrons. The average molecular weight is 449 g/mol. The van der Waals surface area contributed by atoms with Gasteiger partial charge in [0.25, 0.3) is 5.91 Å². The van der Waals surface area contributed by atoms with Gasteiger partial charge in [0.2, 0.25) is 0 Å². The minimum absolute atomic E-state index is 0.182. The van der Waals surface area contributed by atoms with Crippen molar-refractivity contribution in [3.63, 3.8) is 0 Å². The van der Waals surface area contributed by atoms with Crippen LogP contribution in [0, 0.1) is 6.92 Å². The number of hydrogen-bond donors (Lipinski definition) is 2. The minimum Gasteiger partial charge on any atom is -0.490 e. The van der Waals surface area contributed by atoms with Gasteiger partial charge in [-0.2, -0.15) is 13.2 Å². The van der Waals surface area contributed by atoms with Crippen molar-refractivity contribution < 1.29 is 32.6 Å². The Bertz CT molecular complexity index is 1050. The van der Waals surface area contributed by atoms with Crippen LogP contribution in [0.15, 0.2) is 36.4 Å². The van der Waals surface area contributed by atoms with Crippen LogP contribution in [-0.4, -0.2) is 28.6 Å². The minimum atomic E-state index is -4.54. The fourth-order valence-electron chi connectivity index (χ4n) is 4.44. The highest BCUT2D eigenvalue weighted by Crippen LogP contribution is 2.45. The number of rotatable bonds is 6. The number of carbonyl (C=O) groups excluding carboxylic acids is 1. The molecule has 0 aliphatic heterocycles. The lowest BCUT2D eigenvalue weighted by molar-refractivity contribution is -0.145. The Labute approximate surface area is 184 Å². The topological polar surface area (TPSA) is 75.6 Å². The summed E-state index contributed by atoms with van der Waals surface area (Å²) >= 11 is 0. The number of aliphatic carboxylic acids is 1. The van der Waals surface area contributed by atoms with Gasteiger partial charge in [0.15, 0.2) is 0 Å². The molecule has 32 heavy (non-hydrogen) atoms. The Morgan fingerprint density at radius 2 is 1.94 bits per heavy atom. The van der Waals surface area contributed by atoms with Crippen molar-refractivity contribution in [1.82, 2.24) is 5.32 Å². The molecule has 1 aliphatic rings. The molecule has 0 saturated heterocycles. The van der Waals surface area contributed by atoms with Gasteiger partial charge in [-0.3, -0.25) is 4.79 Å². The number of aryl methyl sites for hydroxylation is 1. The fourth-order valence-corrected chi connectivity index (χ4v) is 4.44. The van der Waals surface area contributed by atoms with E-state index in [0.29, 0.717) is 23.3 Å². The molecule has 2 aromatic rings. The number of carboxylic acids is 1. The first-order chi connectivity index (χ1) is 14.9. The van der Waals surface area contributed by atoms with Crippen LogP contribution in [0.2, 0.25) is 0 Å². The molecule has 1 aliphatic carbocycles. The molecule has 0 saturated carbocycles. The number of benzene rings is 2. The van der Waals surface area contributed by atoms with Gasteiger partial charge < -0.3 is 15.2 Å². The summed E-state index contributed by atoms with van der Waals surface area (Å²) in [6, 6.07) is 8.25. The number of amides is 1. The Hall–Kier alpha value is -3.03. The smallest absolute Gasteiger partial charge is 0.416 e. The summed E-state index contributed by atoms with van der Waals surface area (Å²) in [5, 5.41) is 12.8. The number of nitrogens with one attached hydrogen (secondary N) is 1. The third-order valence-corrected chi connectivity index (χ3v) is 5.85. The van der Waals surface area contributed by atoms with Gasteiger partial charge in [-0.25, -0.2) is 4.79 Å². The van der Waals surface area contributed by atoms with Crippen LogP contribution < -0.4 is 10.1 Å². The van der Waals surface area contributed by atoms with Crippen LogP contribution in [-0.2, 0) is 17.4 Å². The van der Waals surface area contributed by atoms with Gasteiger partial charge >= 0.3 is 12.1 Å². The van der Waals surface area contributed by atoms with Crippen molar-refractivity contribution in [2.24, 2.45) is 0 Å². The zero-order valence-corrected chi connectivity index (χ0v) is 18.3. The van der Waals surface area contributed by atoms with Crippen LogP contribution in [0.25, 0.3) is 0 Å². The lowest BCUT2D eigenvalue weighted by atomic mass is 9.82. The highest BCUT2D eigenvalue weighted by Gasteiger charge is 2.53. The van der Waals surface area contributed by atoms with E-state index in [-0.39, 0.29) is 23.7 Å². The second kappa shape index (κ2) is 8.48. The zero-order valence-electron chi connectivity index (χ0n) is 18.3. The lowest BCUT2D eigenvalue weighted by Crippen LogP contribution is -2.57. The maximum absolute atomic E-state index is 13.3. The van der Waals surface area contributed by atoms with Crippen LogP contribution in [0.5, 0.6) is 5.75 Å². The fraction of sp³-hybridized carbons (Fsp3) is 0.417. The summed E-state index contributed by atoms with van der Waals surface area (Å²) in [5.41, 5.74) is -0.932. The number of hydrogen-bond acceptors (Lipinski definition) is 3. The van der Waals surface area contributed by atoms with Crippen molar-refractivity contribution in [1.29, 1.82) is 0 Å². The lowest BCUT2D eigenvalue weighted by Gasteiger charge is -2.32. The molecular weight excluding hydrogens is 423 g/mol. The van der Waals surface area contributed by atoms with E-state index in [1.807, 2.05) is 13.8 Å². The SMILES string of the molecule is CCC1c2ccc(C(F)(F)F)cc2CC1(NC(=O)c1cccc(C)c1OC(C)C)C(=O)O. The Balaban J connectivity index is 2.04. The Kier molecular flexibility index (Phi) is 6.26. The van der Waals surface area contributed by atoms with E-state index in [1.54, 1.807) is 32.0 Å². The van der Waals surface area contributed by atoms with E-state index in [2.05, 4.69) is 5.32 Å². The normalized spacial score (nSPS) is 20.2. The van der Waals surface area contributed by atoms with E-state index in [9.17, 15) is 27.9 Å². The molecule has 0 fully saturated rings. The number of fused-ring (bicyclic) bond motifs is 1. The highest BCUT2D eigenvalue weighted by atomic mass is 19.4. The van der Waals surface area contributed by atoms with Gasteiger partial charge in [0.1, 0.15) is 11.3 Å². The van der Waals surface area contributed by atoms with Crippen molar-refractivity contribution in [3.8, 4) is 5.75 Å². The third-order valence-electron chi connectivity index (χ3n) is 5.85. The number of halogens is 3. The quantitative estimate of drug-likeness (QED) is 0.643. The van der Waals surface area contributed by atoms with Gasteiger partial charge in [-0.1, -0.05) is 25.1 Å². The first kappa shape index (κ1) is 23.6. The van der Waals surface area contributed by atoms with Crippen LogP contribution in [0.1, 0.15) is 65.7 Å². The number of carbonyl (C=O) groups is 2. The van der Waals surface area contributed by atoms with Crippen LogP contribution >= 0.6 is 0 Å². The van der Waals surface area contributed by atoms with Crippen molar-refractivity contribution in [2.45, 2.75) is 64.3 Å². The molecule has 2 aromatic carbocycles. The van der Waals surface area contributed by atoms with E-state index < -0.39 is 35.1 Å². The third kappa shape index (κ3) is 4.18. The predicted molar refractivity (Wildman–Crippen MR) is 113 cm³/mol. The molecule has 1 amide bonds. The number of alkyl halides is 3. The molecule has 2 N–H and O–H groups in total. The molecule has 0 aromatic heterocycles. The van der Waals surface area contributed by atoms with Crippen molar-refractivity contribution >= 4 is 11.9 Å². The van der Waals surface area contributed by atoms with E-state index in [0.717, 1.165) is 12.1 Å². The predicted octanol–water partition coefficient (Wildman–Crippen LogP) is 5.10. The Morgan fingerprint density at radius 3 is 2.50 bits per heavy atom. The molecule has 5 nitrogen and oxygen atoms in total. The average Bonchev–Trinajstić information content (AvgIpc) is 3.01. The largest absolute Gasteiger partial charge is 0.490 e. The number of ether oxygens (including phenoxy) is 1. The first-order valence-corrected chi connectivity index (χ1v) is 10.4. The summed E-state index contributed by atoms with van der Waals surface area (Å²) in [6.45, 7) is 7.15. The molecule has 8 heteroatoms. The summed E-state index contributed by atoms with van der Waals surface area (Å²) in [6.07, 6.45) is -4.67. The monoisotopic (exact) mass is 449 g/mol. The van der Waals surface area contributed by atoms with Gasteiger partial charge in [0, 0.05) is 12.3 Å². The number of carboxylic acid groups (broad SMARTS) is 1.